The number of aliphatic carboxylic acids is 1. The van der Waals surface area contributed by atoms with Gasteiger partial charge in [-0.3, -0.25) is 4.79 Å². The summed E-state index contributed by atoms with van der Waals surface area (Å²) in [4.78, 5) is 20.1. The van der Waals surface area contributed by atoms with Gasteiger partial charge in [0.2, 0.25) is 0 Å². The third-order valence-corrected chi connectivity index (χ3v) is 13.0. The minimum Gasteiger partial charge on any atom is -0.872 e. The number of allylic oxidation sites excluding steroid dienone is 1. The topological polar surface area (TPSA) is 196 Å². The van der Waals surface area contributed by atoms with E-state index in [9.17, 15) is 35.4 Å². The number of aliphatic hydroxyl groups is 3. The first-order valence-corrected chi connectivity index (χ1v) is 21.9. The van der Waals surface area contributed by atoms with Crippen LogP contribution in [0.3, 0.4) is 0 Å². The van der Waals surface area contributed by atoms with Crippen molar-refractivity contribution in [1.29, 1.82) is 0 Å². The molecule has 2 heterocycles. The number of aliphatic hydroxyl groups excluding tert-OH is 2. The number of rotatable bonds is 21. The predicted octanol–water partition coefficient (Wildman–Crippen LogP) is 8.57. The Kier molecular flexibility index (Phi) is 15.3. The van der Waals surface area contributed by atoms with Crippen LogP contribution in [0.4, 0.5) is 5.82 Å². The number of nitrogen functional groups attached to an aromatic ring is 1. The molecule has 1 saturated carbocycles. The molecule has 0 bridgehead atoms. The Bertz CT molecular complexity index is 1960. The van der Waals surface area contributed by atoms with Crippen LogP contribution in [-0.2, 0) is 17.6 Å². The first-order chi connectivity index (χ1) is 28.4. The largest absolute Gasteiger partial charge is 0.872 e. The molecular formula is C49H64N3O7-. The summed E-state index contributed by atoms with van der Waals surface area (Å²) in [6, 6.07) is 19.9. The number of unbranched alkanes of at least 4 members (excludes halogenated alkanes) is 4. The second kappa shape index (κ2) is 20.6. The maximum Gasteiger partial charge on any atom is 0.309 e. The summed E-state index contributed by atoms with van der Waals surface area (Å²) >= 11 is 0. The molecule has 10 nitrogen and oxygen atoms in total. The minimum atomic E-state index is -1.18. The highest BCUT2D eigenvalue weighted by atomic mass is 16.4. The van der Waals surface area contributed by atoms with Crippen molar-refractivity contribution in [2.24, 2.45) is 29.6 Å². The summed E-state index contributed by atoms with van der Waals surface area (Å²) in [5.41, 5.74) is 9.78. The molecule has 8 N–H and O–H groups in total. The summed E-state index contributed by atoms with van der Waals surface area (Å²) in [6.07, 6.45) is 16.6. The van der Waals surface area contributed by atoms with E-state index >= 15 is 0 Å². The predicted molar refractivity (Wildman–Crippen MR) is 230 cm³/mol. The quantitative estimate of drug-likeness (QED) is 0.0319. The molecule has 4 aromatic rings. The lowest BCUT2D eigenvalue weighted by Crippen LogP contribution is -2.37. The Balaban J connectivity index is 1.12. The van der Waals surface area contributed by atoms with E-state index in [1.807, 2.05) is 48.5 Å². The number of aromatic amines is 1. The molecule has 2 aliphatic carbocycles. The monoisotopic (exact) mass is 806 g/mol. The number of pyridine rings is 1. The summed E-state index contributed by atoms with van der Waals surface area (Å²) in [7, 11) is 0. The molecule has 0 radical (unpaired) electrons. The number of nitrogens with zero attached hydrogens (tertiary/aromatic N) is 1. The number of aromatic nitrogens is 2. The highest BCUT2D eigenvalue weighted by molar-refractivity contribution is 5.83. The highest BCUT2D eigenvalue weighted by Gasteiger charge is 2.46. The van der Waals surface area contributed by atoms with Gasteiger partial charge in [0.1, 0.15) is 11.6 Å². The first-order valence-electron chi connectivity index (χ1n) is 21.9. The molecule has 2 aromatic carbocycles. The number of anilines is 1. The SMILES string of the molecule is CCCCCC1C=CC(CCCCCC(C(=O)O)C(O)CCC2(O)CC(Cc3ccnc(N)c3)CC2Cc2cc(-c3ccccc3)c(-c3cc([O-])cc(O)c3)[nH]2)C(O)C1. The van der Waals surface area contributed by atoms with Gasteiger partial charge in [-0.25, -0.2) is 4.98 Å². The first kappa shape index (κ1) is 43.9. The van der Waals surface area contributed by atoms with Gasteiger partial charge in [0.25, 0.3) is 0 Å². The molecule has 59 heavy (non-hydrogen) atoms. The maximum absolute atomic E-state index is 12.5. The summed E-state index contributed by atoms with van der Waals surface area (Å²) in [6.45, 7) is 2.20. The number of H-pyrrole nitrogens is 1. The number of phenols is 1. The number of nitrogens with two attached hydrogens (primary N) is 1. The number of hydrogen-bond acceptors (Lipinski definition) is 8. The van der Waals surface area contributed by atoms with Crippen molar-refractivity contribution in [2.45, 2.75) is 127 Å². The number of aromatic hydroxyl groups is 1. The number of hydrogen-bond donors (Lipinski definition) is 7. The van der Waals surface area contributed by atoms with Crippen LogP contribution >= 0.6 is 0 Å². The fourth-order valence-corrected chi connectivity index (χ4v) is 9.90. The van der Waals surface area contributed by atoms with Crippen LogP contribution in [0.25, 0.3) is 22.4 Å². The van der Waals surface area contributed by atoms with E-state index in [4.69, 9.17) is 5.73 Å². The smallest absolute Gasteiger partial charge is 0.309 e. The molecule has 8 unspecified atom stereocenters. The van der Waals surface area contributed by atoms with Gasteiger partial charge in [-0.2, -0.15) is 0 Å². The third-order valence-electron chi connectivity index (χ3n) is 13.0. The van der Waals surface area contributed by atoms with E-state index in [-0.39, 0.29) is 48.2 Å². The molecule has 10 heteroatoms. The fourth-order valence-electron chi connectivity index (χ4n) is 9.90. The summed E-state index contributed by atoms with van der Waals surface area (Å²) < 4.78 is 0. The van der Waals surface area contributed by atoms with Crippen molar-refractivity contribution >= 4 is 11.8 Å². The lowest BCUT2D eigenvalue weighted by Gasteiger charge is -2.32. The van der Waals surface area contributed by atoms with Crippen molar-refractivity contribution in [3.05, 3.63) is 96.3 Å². The van der Waals surface area contributed by atoms with Crippen molar-refractivity contribution in [3.63, 3.8) is 0 Å². The molecule has 2 aromatic heterocycles. The third kappa shape index (κ3) is 12.0. The second-order valence-electron chi connectivity index (χ2n) is 17.6. The molecule has 0 saturated heterocycles. The molecule has 2 aliphatic rings. The molecule has 0 spiro atoms. The fraction of sp³-hybridized carbons (Fsp3) is 0.510. The summed E-state index contributed by atoms with van der Waals surface area (Å²) in [5, 5.41) is 67.6. The molecular weight excluding hydrogens is 743 g/mol. The summed E-state index contributed by atoms with van der Waals surface area (Å²) in [5.74, 6) is -1.47. The van der Waals surface area contributed by atoms with Crippen molar-refractivity contribution in [2.75, 3.05) is 5.73 Å². The average molecular weight is 807 g/mol. The van der Waals surface area contributed by atoms with Crippen molar-refractivity contribution in [3.8, 4) is 33.9 Å². The van der Waals surface area contributed by atoms with Crippen molar-refractivity contribution < 1.29 is 35.4 Å². The number of carboxylic acid groups (broad SMARTS) is 1. The Hall–Kier alpha value is -4.64. The number of carbonyl (C=O) groups is 1. The number of benzene rings is 2. The Morgan fingerprint density at radius 3 is 2.47 bits per heavy atom. The molecule has 0 amide bonds. The van der Waals surface area contributed by atoms with Crippen LogP contribution in [0, 0.1) is 29.6 Å². The number of carboxylic acids is 1. The normalized spacial score (nSPS) is 24.0. The molecule has 6 rings (SSSR count). The highest BCUT2D eigenvalue weighted by Crippen LogP contribution is 2.47. The Morgan fingerprint density at radius 1 is 0.949 bits per heavy atom. The van der Waals surface area contributed by atoms with Crippen LogP contribution in [0.5, 0.6) is 11.5 Å². The van der Waals surface area contributed by atoms with E-state index < -0.39 is 23.6 Å². The van der Waals surface area contributed by atoms with Gasteiger partial charge in [-0.05, 0) is 123 Å². The van der Waals surface area contributed by atoms with Crippen LogP contribution < -0.4 is 10.8 Å². The molecule has 318 valence electrons. The lowest BCUT2D eigenvalue weighted by molar-refractivity contribution is -0.268. The molecule has 0 aliphatic heterocycles. The lowest BCUT2D eigenvalue weighted by atomic mass is 9.80. The van der Waals surface area contributed by atoms with Crippen LogP contribution in [0.2, 0.25) is 0 Å². The van der Waals surface area contributed by atoms with E-state index in [0.29, 0.717) is 61.5 Å². The number of nitrogens with one attached hydrogen (secondary N) is 1. The van der Waals surface area contributed by atoms with Gasteiger partial charge < -0.3 is 41.4 Å². The zero-order chi connectivity index (χ0) is 41.9. The van der Waals surface area contributed by atoms with Crippen molar-refractivity contribution in [1.82, 2.24) is 9.97 Å². The van der Waals surface area contributed by atoms with E-state index in [2.05, 4.69) is 29.0 Å². The minimum absolute atomic E-state index is 0.112. The van der Waals surface area contributed by atoms with Gasteiger partial charge in [-0.1, -0.05) is 94.0 Å². The van der Waals surface area contributed by atoms with Gasteiger partial charge in [0.05, 0.1) is 29.4 Å². The van der Waals surface area contributed by atoms with Crippen LogP contribution in [0.15, 0.2) is 85.1 Å². The average Bonchev–Trinajstić information content (AvgIpc) is 3.76. The zero-order valence-corrected chi connectivity index (χ0v) is 34.5. The van der Waals surface area contributed by atoms with Gasteiger partial charge in [-0.15, -0.1) is 5.75 Å². The molecule has 1 fully saturated rings. The maximum atomic E-state index is 12.5. The Labute approximate surface area is 349 Å². The van der Waals surface area contributed by atoms with Gasteiger partial charge in [0, 0.05) is 28.9 Å². The van der Waals surface area contributed by atoms with Gasteiger partial charge in [0.15, 0.2) is 0 Å². The van der Waals surface area contributed by atoms with Crippen LogP contribution in [0.1, 0.15) is 108 Å². The van der Waals surface area contributed by atoms with E-state index in [1.165, 1.54) is 31.4 Å². The standard InChI is InChI=1S/C49H65N3O7/c1-2-3-6-11-32-16-17-36(45(56)24-32)14-9-5-10-15-42(48(57)58)44(55)18-20-49(59)31-34(22-33-19-21-51-46(50)25-33)23-38(49)28-39-29-43(35-12-7-4-8-13-35)47(52-39)37-26-40(53)30-41(54)27-37/h4,7-8,12-13,16-17,19,21,25-27,29-30,32,34,36,38,42,44-45,52-56,59H,2-3,5-6,9-11,14-15,18,20,22-24,28,31H2,1H3,(H2,50,51)(H,57,58)/p-1. The zero-order valence-electron chi connectivity index (χ0n) is 34.5. The van der Waals surface area contributed by atoms with E-state index in [1.54, 1.807) is 12.3 Å². The second-order valence-corrected chi connectivity index (χ2v) is 17.6. The number of phenolic OH excluding ortho intramolecular Hbond substituents is 1. The molecule has 8 atom stereocenters. The van der Waals surface area contributed by atoms with Crippen LogP contribution in [-0.4, -0.2) is 59.3 Å². The van der Waals surface area contributed by atoms with Gasteiger partial charge >= 0.3 is 5.97 Å². The Morgan fingerprint density at radius 2 is 1.75 bits per heavy atom. The van der Waals surface area contributed by atoms with E-state index in [0.717, 1.165) is 54.5 Å².